The fraction of sp³-hybridized carbons (Fsp3) is 0.267. The predicted molar refractivity (Wildman–Crippen MR) is 92.6 cm³/mol. The number of aromatic nitrogens is 2. The molecule has 0 atom stereocenters. The fourth-order valence-corrected chi connectivity index (χ4v) is 2.69. The van der Waals surface area contributed by atoms with Crippen LogP contribution in [0.3, 0.4) is 0 Å². The monoisotopic (exact) mass is 403 g/mol. The minimum atomic E-state index is -5.08. The summed E-state index contributed by atoms with van der Waals surface area (Å²) >= 11 is 6.03. The summed E-state index contributed by atoms with van der Waals surface area (Å²) in [5, 5.41) is 8.59. The number of nitrogens with two attached hydrogens (primary N) is 2. The van der Waals surface area contributed by atoms with Crippen LogP contribution in [0, 0.1) is 0 Å². The number of carboxylic acid groups (broad SMARTS) is 1. The lowest BCUT2D eigenvalue weighted by atomic mass is 10.1. The van der Waals surface area contributed by atoms with Crippen LogP contribution in [0.1, 0.15) is 0 Å². The molecule has 27 heavy (non-hydrogen) atoms. The van der Waals surface area contributed by atoms with Crippen molar-refractivity contribution in [1.29, 1.82) is 0 Å². The van der Waals surface area contributed by atoms with Crippen molar-refractivity contribution in [3.63, 3.8) is 0 Å². The number of hydrogen-bond acceptors (Lipinski definition) is 7. The summed E-state index contributed by atoms with van der Waals surface area (Å²) < 4.78 is 37.6. The van der Waals surface area contributed by atoms with E-state index in [4.69, 9.17) is 37.4 Å². The number of rotatable bonds is 1. The summed E-state index contributed by atoms with van der Waals surface area (Å²) in [4.78, 5) is 19.5. The normalized spacial score (nSPS) is 14.8. The Kier molecular flexibility index (Phi) is 4.74. The number of alkyl halides is 3. The van der Waals surface area contributed by atoms with Crippen LogP contribution in [0.15, 0.2) is 22.6 Å². The van der Waals surface area contributed by atoms with Gasteiger partial charge < -0.3 is 25.9 Å². The molecule has 0 bridgehead atoms. The van der Waals surface area contributed by atoms with Gasteiger partial charge in [-0.2, -0.15) is 18.2 Å². The Balaban J connectivity index is 0.000000260. The molecule has 1 aliphatic rings. The maximum Gasteiger partial charge on any atom is 0.490 e. The molecule has 144 valence electrons. The average molecular weight is 404 g/mol. The molecule has 3 aromatic rings. The summed E-state index contributed by atoms with van der Waals surface area (Å²) in [6.07, 6.45) is -5.08. The molecule has 1 fully saturated rings. The van der Waals surface area contributed by atoms with Crippen molar-refractivity contribution in [3.8, 4) is 0 Å². The highest BCUT2D eigenvalue weighted by molar-refractivity contribution is 6.31. The molecule has 0 spiro atoms. The number of anilines is 2. The van der Waals surface area contributed by atoms with Gasteiger partial charge in [-0.15, -0.1) is 0 Å². The highest BCUT2D eigenvalue weighted by atomic mass is 35.5. The zero-order valence-corrected chi connectivity index (χ0v) is 14.3. The molecule has 0 radical (unpaired) electrons. The van der Waals surface area contributed by atoms with Gasteiger partial charge in [0, 0.05) is 29.5 Å². The van der Waals surface area contributed by atoms with Crippen LogP contribution in [-0.2, 0) is 4.79 Å². The largest absolute Gasteiger partial charge is 0.490 e. The maximum absolute atomic E-state index is 10.6. The Hall–Kier alpha value is -2.79. The van der Waals surface area contributed by atoms with E-state index in [1.165, 1.54) is 0 Å². The molecular formula is C15H13ClF3N5O3. The molecule has 0 amide bonds. The smallest absolute Gasteiger partial charge is 0.475 e. The third-order valence-corrected chi connectivity index (χ3v) is 3.96. The standard InChI is InChI=1S/C13H12ClN5O.C2HF3O2/c14-6-1-2-9-8(3-6)10-11(20-9)12(18-13(16)17-10)19-4-7(15)5-19;3-2(4,5)1(6)7/h1-3,7H,4-5,15H2,(H2,16,17,18);(H,6,7). The van der Waals surface area contributed by atoms with E-state index in [0.717, 1.165) is 24.1 Å². The van der Waals surface area contributed by atoms with Crippen LogP contribution in [0.2, 0.25) is 5.02 Å². The Labute approximate surface area is 154 Å². The number of furan rings is 1. The van der Waals surface area contributed by atoms with Gasteiger partial charge in [0.05, 0.1) is 0 Å². The van der Waals surface area contributed by atoms with Crippen LogP contribution in [0.5, 0.6) is 0 Å². The topological polar surface area (TPSA) is 132 Å². The first-order chi connectivity index (χ1) is 12.6. The second-order valence-electron chi connectivity index (χ2n) is 5.79. The SMILES string of the molecule is Nc1nc(N2CC(N)C2)c2oc3ccc(Cl)cc3c2n1.O=C(O)C(F)(F)F. The molecule has 5 N–H and O–H groups in total. The third-order valence-electron chi connectivity index (χ3n) is 3.73. The molecule has 8 nitrogen and oxygen atoms in total. The van der Waals surface area contributed by atoms with E-state index < -0.39 is 12.1 Å². The second-order valence-corrected chi connectivity index (χ2v) is 6.23. The molecule has 1 aliphatic heterocycles. The molecule has 1 aromatic carbocycles. The Bertz CT molecular complexity index is 1020. The molecule has 1 saturated heterocycles. The van der Waals surface area contributed by atoms with Gasteiger partial charge in [0.25, 0.3) is 0 Å². The number of nitrogens with zero attached hydrogens (tertiary/aromatic N) is 3. The van der Waals surface area contributed by atoms with Crippen molar-refractivity contribution in [2.24, 2.45) is 5.73 Å². The summed E-state index contributed by atoms with van der Waals surface area (Å²) in [6, 6.07) is 5.59. The predicted octanol–water partition coefficient (Wildman–Crippen LogP) is 2.39. The number of aliphatic carboxylic acids is 1. The Morgan fingerprint density at radius 3 is 2.52 bits per heavy atom. The average Bonchev–Trinajstić information content (AvgIpc) is 2.89. The first kappa shape index (κ1) is 19.0. The molecule has 0 saturated carbocycles. The van der Waals surface area contributed by atoms with Crippen LogP contribution in [0.4, 0.5) is 24.9 Å². The molecule has 0 aliphatic carbocycles. The lowest BCUT2D eigenvalue weighted by molar-refractivity contribution is -0.192. The van der Waals surface area contributed by atoms with Gasteiger partial charge in [-0.1, -0.05) is 11.6 Å². The number of nitrogen functional groups attached to an aromatic ring is 1. The number of fused-ring (bicyclic) bond motifs is 3. The molecule has 0 unspecified atom stereocenters. The first-order valence-corrected chi connectivity index (χ1v) is 7.90. The molecular weight excluding hydrogens is 391 g/mol. The summed E-state index contributed by atoms with van der Waals surface area (Å²) in [6.45, 7) is 1.48. The zero-order valence-electron chi connectivity index (χ0n) is 13.5. The van der Waals surface area contributed by atoms with E-state index in [1.54, 1.807) is 6.07 Å². The molecule has 2 aromatic heterocycles. The minimum absolute atomic E-state index is 0.167. The number of carbonyl (C=O) groups is 1. The van der Waals surface area contributed by atoms with Gasteiger partial charge in [0.15, 0.2) is 11.4 Å². The van der Waals surface area contributed by atoms with Gasteiger partial charge in [0.1, 0.15) is 11.1 Å². The lowest BCUT2D eigenvalue weighted by Gasteiger charge is -2.37. The number of benzene rings is 1. The van der Waals surface area contributed by atoms with Gasteiger partial charge in [-0.05, 0) is 18.2 Å². The minimum Gasteiger partial charge on any atom is -0.475 e. The van der Waals surface area contributed by atoms with E-state index >= 15 is 0 Å². The summed E-state index contributed by atoms with van der Waals surface area (Å²) in [5.74, 6) is -1.84. The quantitative estimate of drug-likeness (QED) is 0.564. The highest BCUT2D eigenvalue weighted by Gasteiger charge is 2.38. The summed E-state index contributed by atoms with van der Waals surface area (Å²) in [5.41, 5.74) is 13.7. The summed E-state index contributed by atoms with van der Waals surface area (Å²) in [7, 11) is 0. The van der Waals surface area contributed by atoms with Crippen LogP contribution in [0.25, 0.3) is 22.1 Å². The maximum atomic E-state index is 10.6. The van der Waals surface area contributed by atoms with Gasteiger partial charge >= 0.3 is 12.1 Å². The van der Waals surface area contributed by atoms with Crippen molar-refractivity contribution in [2.45, 2.75) is 12.2 Å². The highest BCUT2D eigenvalue weighted by Crippen LogP contribution is 2.35. The number of carboxylic acids is 1. The first-order valence-electron chi connectivity index (χ1n) is 7.52. The zero-order chi connectivity index (χ0) is 19.9. The second kappa shape index (κ2) is 6.74. The Morgan fingerprint density at radius 1 is 1.33 bits per heavy atom. The fourth-order valence-electron chi connectivity index (χ4n) is 2.52. The van der Waals surface area contributed by atoms with Crippen LogP contribution in [-0.4, -0.2) is 46.4 Å². The Morgan fingerprint density at radius 2 is 1.96 bits per heavy atom. The van der Waals surface area contributed by atoms with Crippen molar-refractivity contribution in [2.75, 3.05) is 23.7 Å². The van der Waals surface area contributed by atoms with Crippen molar-refractivity contribution < 1.29 is 27.5 Å². The van der Waals surface area contributed by atoms with Crippen LogP contribution < -0.4 is 16.4 Å². The van der Waals surface area contributed by atoms with Gasteiger partial charge in [-0.3, -0.25) is 0 Å². The molecule has 3 heterocycles. The van der Waals surface area contributed by atoms with Crippen LogP contribution >= 0.6 is 11.6 Å². The number of halogens is 4. The van der Waals surface area contributed by atoms with Crippen molar-refractivity contribution in [1.82, 2.24) is 9.97 Å². The van der Waals surface area contributed by atoms with E-state index in [-0.39, 0.29) is 12.0 Å². The molecule has 12 heteroatoms. The van der Waals surface area contributed by atoms with Gasteiger partial charge in [-0.25, -0.2) is 9.78 Å². The van der Waals surface area contributed by atoms with E-state index in [0.29, 0.717) is 21.9 Å². The number of hydrogen-bond donors (Lipinski definition) is 3. The van der Waals surface area contributed by atoms with Gasteiger partial charge in [0.2, 0.25) is 5.95 Å². The lowest BCUT2D eigenvalue weighted by Crippen LogP contribution is -2.56. The van der Waals surface area contributed by atoms with Crippen molar-refractivity contribution in [3.05, 3.63) is 23.2 Å². The van der Waals surface area contributed by atoms with Crippen molar-refractivity contribution >= 4 is 51.4 Å². The van der Waals surface area contributed by atoms with E-state index in [1.807, 2.05) is 17.0 Å². The van der Waals surface area contributed by atoms with E-state index in [2.05, 4.69) is 9.97 Å². The van der Waals surface area contributed by atoms with E-state index in [9.17, 15) is 13.2 Å². The third kappa shape index (κ3) is 3.83. The molecule has 4 rings (SSSR count).